The van der Waals surface area contributed by atoms with Gasteiger partial charge in [-0.3, -0.25) is 0 Å². The molecule has 376 valence electrons. The molecule has 4 heterocycles. The van der Waals surface area contributed by atoms with Gasteiger partial charge in [0.1, 0.15) is 11.5 Å². The lowest BCUT2D eigenvalue weighted by Crippen LogP contribution is -2.48. The summed E-state index contributed by atoms with van der Waals surface area (Å²) < 4.78 is 119. The van der Waals surface area contributed by atoms with E-state index in [0.29, 0.717) is 114 Å². The molecule has 0 radical (unpaired) electrons. The molecule has 0 saturated heterocycles. The maximum absolute atomic E-state index is 17.1. The Morgan fingerprint density at radius 2 is 0.972 bits per heavy atom. The number of ether oxygens (including phenoxy) is 3. The number of hydrogen-bond donors (Lipinski definition) is 0. The number of halogens is 6. The standard InChI is InChI=1S/C56H58F6N2O3S4/c1-7-8-30-65-33-27-53(5,6)47-26-24-43(69-47)45-35-41(51(71-45)37-17-21-39(22-18-37)67-32-14-10-12-29-64)49-48(54(57,58)56(61,62)55(49,59)60)40-34-44(42-23-25-46(68-42)52(2,3)4)70-50(40)36-15-19-38(20-16-36)66-31-13-9-11-28-63/h15-26,34-35H,7-14,27,30-33H2,1-6H3. The van der Waals surface area contributed by atoms with Crippen LogP contribution in [0.25, 0.3) is 51.5 Å². The highest BCUT2D eigenvalue weighted by atomic mass is 32.1. The van der Waals surface area contributed by atoms with Gasteiger partial charge < -0.3 is 14.2 Å². The molecule has 4 aromatic heterocycles. The maximum Gasteiger partial charge on any atom is 0.380 e. The summed E-state index contributed by atoms with van der Waals surface area (Å²) in [4.78, 5) is 4.53. The van der Waals surface area contributed by atoms with Crippen LogP contribution in [0.3, 0.4) is 0 Å². The van der Waals surface area contributed by atoms with Gasteiger partial charge in [0.15, 0.2) is 0 Å². The number of nitrogens with zero attached hydrogens (tertiary/aromatic N) is 2. The minimum atomic E-state index is -5.81. The van der Waals surface area contributed by atoms with Gasteiger partial charge in [-0.15, -0.1) is 45.3 Å². The van der Waals surface area contributed by atoms with Crippen molar-refractivity contribution in [2.75, 3.05) is 26.4 Å². The van der Waals surface area contributed by atoms with Crippen LogP contribution in [-0.2, 0) is 15.6 Å². The van der Waals surface area contributed by atoms with E-state index in [0.717, 1.165) is 45.3 Å². The normalized spacial score (nSPS) is 15.2. The molecule has 0 amide bonds. The molecule has 0 aliphatic heterocycles. The fourth-order valence-electron chi connectivity index (χ4n) is 8.16. The summed E-state index contributed by atoms with van der Waals surface area (Å²) in [6.07, 6.45) is 6.02. The third-order valence-electron chi connectivity index (χ3n) is 12.4. The van der Waals surface area contributed by atoms with Crippen LogP contribution in [0.1, 0.15) is 120 Å². The Morgan fingerprint density at radius 1 is 0.521 bits per heavy atom. The molecule has 0 spiro atoms. The fraction of sp³-hybridized carbons (Fsp3) is 0.429. The van der Waals surface area contributed by atoms with Crippen molar-refractivity contribution in [1.82, 2.24) is 0 Å². The molecule has 1 aliphatic rings. The van der Waals surface area contributed by atoms with Crippen molar-refractivity contribution in [2.45, 2.75) is 128 Å². The van der Waals surface area contributed by atoms with Crippen LogP contribution in [0.15, 0.2) is 84.9 Å². The fourth-order valence-corrected chi connectivity index (χ4v) is 12.9. The molecule has 71 heavy (non-hydrogen) atoms. The van der Waals surface area contributed by atoms with Crippen molar-refractivity contribution in [3.05, 3.63) is 106 Å². The Hall–Kier alpha value is -4.90. The first kappa shape index (κ1) is 53.9. The smallest absolute Gasteiger partial charge is 0.380 e. The van der Waals surface area contributed by atoms with E-state index in [4.69, 9.17) is 24.7 Å². The van der Waals surface area contributed by atoms with Gasteiger partial charge in [-0.25, -0.2) is 0 Å². The summed E-state index contributed by atoms with van der Waals surface area (Å²) >= 11 is 5.04. The highest BCUT2D eigenvalue weighted by Gasteiger charge is 2.80. The highest BCUT2D eigenvalue weighted by molar-refractivity contribution is 7.24. The Balaban J connectivity index is 1.41. The number of unbranched alkanes of at least 4 members (excludes halogenated alkanes) is 5. The number of thiophene rings is 4. The monoisotopic (exact) mass is 1050 g/mol. The van der Waals surface area contributed by atoms with Gasteiger partial charge in [0.05, 0.1) is 25.4 Å². The molecule has 7 rings (SSSR count). The first-order valence-electron chi connectivity index (χ1n) is 23.9. The Labute approximate surface area is 429 Å². The number of hydrogen-bond acceptors (Lipinski definition) is 9. The number of alkyl halides is 6. The first-order valence-corrected chi connectivity index (χ1v) is 27.2. The molecule has 15 heteroatoms. The largest absolute Gasteiger partial charge is 0.494 e. The van der Waals surface area contributed by atoms with E-state index in [1.165, 1.54) is 34.8 Å². The summed E-state index contributed by atoms with van der Waals surface area (Å²) in [6.45, 7) is 14.3. The molecule has 5 nitrogen and oxygen atoms in total. The van der Waals surface area contributed by atoms with Crippen LogP contribution in [0.5, 0.6) is 11.5 Å². The quantitative estimate of drug-likeness (QED) is 0.0472. The minimum Gasteiger partial charge on any atom is -0.494 e. The van der Waals surface area contributed by atoms with Crippen LogP contribution in [0.2, 0.25) is 0 Å². The molecular weight excluding hydrogens is 991 g/mol. The molecular formula is C56H58F6N2O3S4. The minimum absolute atomic E-state index is 0.126. The highest BCUT2D eigenvalue weighted by Crippen LogP contribution is 2.67. The first-order chi connectivity index (χ1) is 33.7. The van der Waals surface area contributed by atoms with E-state index in [9.17, 15) is 0 Å². The van der Waals surface area contributed by atoms with Crippen molar-refractivity contribution < 1.29 is 40.6 Å². The van der Waals surface area contributed by atoms with Gasteiger partial charge in [-0.2, -0.15) is 36.9 Å². The lowest BCUT2D eigenvalue weighted by atomic mass is 9.88. The van der Waals surface area contributed by atoms with Gasteiger partial charge in [0.2, 0.25) is 0 Å². The number of allylic oxidation sites excluding steroid dienone is 2. The maximum atomic E-state index is 17.1. The van der Waals surface area contributed by atoms with Gasteiger partial charge in [-0.05, 0) is 140 Å². The molecule has 0 atom stereocenters. The molecule has 2 aromatic carbocycles. The average Bonchev–Trinajstić information content (AvgIpc) is 4.18. The van der Waals surface area contributed by atoms with Crippen LogP contribution in [-0.4, -0.2) is 44.2 Å². The summed E-state index contributed by atoms with van der Waals surface area (Å²) in [6, 6.07) is 27.6. The predicted molar refractivity (Wildman–Crippen MR) is 280 cm³/mol. The lowest BCUT2D eigenvalue weighted by molar-refractivity contribution is -0.254. The van der Waals surface area contributed by atoms with Crippen LogP contribution in [0.4, 0.5) is 26.3 Å². The summed E-state index contributed by atoms with van der Waals surface area (Å²) in [5.74, 6) is -15.5. The summed E-state index contributed by atoms with van der Waals surface area (Å²) in [7, 11) is 0. The summed E-state index contributed by atoms with van der Waals surface area (Å²) in [5.41, 5.74) is -3.52. The van der Waals surface area contributed by atoms with E-state index in [2.05, 4.69) is 32.9 Å². The second-order valence-corrected chi connectivity index (χ2v) is 23.6. The zero-order valence-corrected chi connectivity index (χ0v) is 44.1. The number of nitriles is 2. The van der Waals surface area contributed by atoms with E-state index >= 15 is 26.3 Å². The zero-order chi connectivity index (χ0) is 51.2. The van der Waals surface area contributed by atoms with E-state index in [1.807, 2.05) is 45.0 Å². The molecule has 0 fully saturated rings. The Bertz CT molecular complexity index is 2870. The number of benzene rings is 2. The van der Waals surface area contributed by atoms with Crippen LogP contribution >= 0.6 is 45.3 Å². The molecule has 0 N–H and O–H groups in total. The number of rotatable bonds is 23. The second kappa shape index (κ2) is 22.5. The van der Waals surface area contributed by atoms with Crippen LogP contribution in [0, 0.1) is 22.7 Å². The van der Waals surface area contributed by atoms with E-state index in [-0.39, 0.29) is 20.6 Å². The van der Waals surface area contributed by atoms with Crippen LogP contribution < -0.4 is 9.47 Å². The van der Waals surface area contributed by atoms with E-state index in [1.54, 1.807) is 48.5 Å². The lowest BCUT2D eigenvalue weighted by Gasteiger charge is -2.26. The van der Waals surface area contributed by atoms with Crippen molar-refractivity contribution in [3.63, 3.8) is 0 Å². The zero-order valence-electron chi connectivity index (χ0n) is 40.8. The van der Waals surface area contributed by atoms with Gasteiger partial charge in [0.25, 0.3) is 0 Å². The van der Waals surface area contributed by atoms with Gasteiger partial charge in [0, 0.05) is 92.8 Å². The average molecular weight is 1050 g/mol. The topological polar surface area (TPSA) is 75.3 Å². The van der Waals surface area contributed by atoms with E-state index < -0.39 is 40.0 Å². The molecule has 1 aliphatic carbocycles. The van der Waals surface area contributed by atoms with Crippen molar-refractivity contribution in [2.24, 2.45) is 0 Å². The van der Waals surface area contributed by atoms with Gasteiger partial charge >= 0.3 is 17.8 Å². The Kier molecular flexibility index (Phi) is 17.1. The van der Waals surface area contributed by atoms with Gasteiger partial charge in [-0.1, -0.05) is 48.0 Å². The molecule has 0 unspecified atom stereocenters. The SMILES string of the molecule is CCCCOCCC(C)(C)c1ccc(-c2cc(C3=C(c4cc(-c5ccc(C(C)(C)C)s5)sc4-c4ccc(OCCCCC#N)cc4)C(F)(F)C(F)(F)C3(F)F)c(-c3ccc(OCCCCC#N)cc3)s2)s1. The third-order valence-corrected chi connectivity index (χ3v) is 18.1. The summed E-state index contributed by atoms with van der Waals surface area (Å²) in [5, 5.41) is 17.8. The second-order valence-electron chi connectivity index (χ2n) is 19.3. The predicted octanol–water partition coefficient (Wildman–Crippen LogP) is 18.4. The third kappa shape index (κ3) is 11.7. The Morgan fingerprint density at radius 3 is 1.39 bits per heavy atom. The molecule has 0 bridgehead atoms. The van der Waals surface area contributed by atoms with Crippen molar-refractivity contribution >= 4 is 56.5 Å². The van der Waals surface area contributed by atoms with Crippen molar-refractivity contribution in [1.29, 1.82) is 10.5 Å². The molecule has 6 aromatic rings. The molecule has 0 saturated carbocycles. The van der Waals surface area contributed by atoms with Crippen molar-refractivity contribution in [3.8, 4) is 64.0 Å².